The van der Waals surface area contributed by atoms with E-state index in [-0.39, 0.29) is 5.56 Å². The van der Waals surface area contributed by atoms with Crippen LogP contribution < -0.4 is 10.6 Å². The van der Waals surface area contributed by atoms with E-state index in [9.17, 15) is 19.6 Å². The van der Waals surface area contributed by atoms with E-state index in [1.807, 2.05) is 5.32 Å². The second-order valence-electron chi connectivity index (χ2n) is 5.32. The number of nitrogens with zero attached hydrogens (tertiary/aromatic N) is 1. The Labute approximate surface area is 160 Å². The lowest BCUT2D eigenvalue weighted by atomic mass is 10.2. The summed E-state index contributed by atoms with van der Waals surface area (Å²) in [7, 11) is 1.37. The fraction of sp³-hybridized carbons (Fsp3) is 0.158. The molecule has 2 aromatic rings. The van der Waals surface area contributed by atoms with E-state index in [2.05, 4.69) is 11.4 Å². The predicted molar refractivity (Wildman–Crippen MR) is 99.2 cm³/mol. The molecule has 2 N–H and O–H groups in total. The molecule has 0 heterocycles. The lowest BCUT2D eigenvalue weighted by Crippen LogP contribution is -2.43. The molecule has 8 heteroatoms. The maximum atomic E-state index is 12.5. The van der Waals surface area contributed by atoms with Crippen LogP contribution in [-0.4, -0.2) is 31.1 Å². The number of imide groups is 1. The molecule has 0 aromatic heterocycles. The summed E-state index contributed by atoms with van der Waals surface area (Å²) in [6.07, 6.45) is -1.15. The van der Waals surface area contributed by atoms with Gasteiger partial charge in [-0.25, -0.2) is 9.59 Å². The van der Waals surface area contributed by atoms with Gasteiger partial charge in [-0.3, -0.25) is 10.1 Å². The minimum absolute atomic E-state index is 0.259. The van der Waals surface area contributed by atoms with Crippen LogP contribution in [0.1, 0.15) is 22.8 Å². The summed E-state index contributed by atoms with van der Waals surface area (Å²) in [5.41, 5.74) is 0.749. The highest BCUT2D eigenvalue weighted by atomic mass is 32.2. The second-order valence-corrected chi connectivity index (χ2v) is 6.41. The van der Waals surface area contributed by atoms with Gasteiger partial charge in [-0.05, 0) is 31.2 Å². The number of carbonyl (C=O) groups is 3. The summed E-state index contributed by atoms with van der Waals surface area (Å²) in [5, 5.41) is 13.5. The standard InChI is InChI=1S/C19H17N3O4S/c1-12(17(23)22-19(25)21-2)26-18(24)14-8-4-6-10-16(14)27-15-9-5-3-7-13(15)11-20/h3-10,12H,1-2H3,(H2,21,22,23,25). The monoisotopic (exact) mass is 383 g/mol. The normalized spacial score (nSPS) is 11.0. The van der Waals surface area contributed by atoms with Gasteiger partial charge in [0.1, 0.15) is 6.07 Å². The fourth-order valence-electron chi connectivity index (χ4n) is 2.04. The fourth-order valence-corrected chi connectivity index (χ4v) is 3.06. The molecule has 27 heavy (non-hydrogen) atoms. The SMILES string of the molecule is CNC(=O)NC(=O)C(C)OC(=O)c1ccccc1Sc1ccccc1C#N. The molecule has 1 unspecified atom stereocenters. The number of rotatable bonds is 5. The topological polar surface area (TPSA) is 108 Å². The molecular weight excluding hydrogens is 366 g/mol. The molecule has 7 nitrogen and oxygen atoms in total. The Morgan fingerprint density at radius 1 is 1.07 bits per heavy atom. The van der Waals surface area contributed by atoms with E-state index >= 15 is 0 Å². The Kier molecular flexibility index (Phi) is 6.97. The average molecular weight is 383 g/mol. The van der Waals surface area contributed by atoms with Crippen LogP contribution >= 0.6 is 11.8 Å². The molecule has 3 amide bonds. The van der Waals surface area contributed by atoms with E-state index in [1.165, 1.54) is 25.7 Å². The predicted octanol–water partition coefficient (Wildman–Crippen LogP) is 2.71. The van der Waals surface area contributed by atoms with Gasteiger partial charge in [0.15, 0.2) is 6.10 Å². The molecule has 0 aliphatic heterocycles. The molecule has 2 rings (SSSR count). The largest absolute Gasteiger partial charge is 0.449 e. The van der Waals surface area contributed by atoms with Crippen molar-refractivity contribution in [3.05, 3.63) is 59.7 Å². The third kappa shape index (κ3) is 5.33. The lowest BCUT2D eigenvalue weighted by molar-refractivity contribution is -0.127. The minimum atomic E-state index is -1.15. The number of carbonyl (C=O) groups excluding carboxylic acids is 3. The molecule has 0 aliphatic carbocycles. The zero-order valence-corrected chi connectivity index (χ0v) is 15.5. The van der Waals surface area contributed by atoms with E-state index in [0.29, 0.717) is 15.4 Å². The van der Waals surface area contributed by atoms with E-state index in [4.69, 9.17) is 4.74 Å². The van der Waals surface area contributed by atoms with Crippen molar-refractivity contribution in [1.29, 1.82) is 5.26 Å². The van der Waals surface area contributed by atoms with E-state index in [1.54, 1.807) is 48.5 Å². The Morgan fingerprint density at radius 3 is 2.37 bits per heavy atom. The van der Waals surface area contributed by atoms with Crippen LogP contribution in [-0.2, 0) is 9.53 Å². The smallest absolute Gasteiger partial charge is 0.340 e. The van der Waals surface area contributed by atoms with Gasteiger partial charge in [-0.2, -0.15) is 5.26 Å². The number of amides is 3. The Hall–Kier alpha value is -3.31. The summed E-state index contributed by atoms with van der Waals surface area (Å²) in [5.74, 6) is -1.44. The molecule has 0 saturated carbocycles. The molecule has 0 aliphatic rings. The molecule has 1 atom stereocenters. The van der Waals surface area contributed by atoms with Crippen LogP contribution in [0, 0.1) is 11.3 Å². The maximum Gasteiger partial charge on any atom is 0.340 e. The van der Waals surface area contributed by atoms with Crippen LogP contribution in [0.15, 0.2) is 58.3 Å². The van der Waals surface area contributed by atoms with Gasteiger partial charge >= 0.3 is 12.0 Å². The van der Waals surface area contributed by atoms with Crippen molar-refractivity contribution in [2.75, 3.05) is 7.05 Å². The van der Waals surface area contributed by atoms with E-state index in [0.717, 1.165) is 0 Å². The molecular formula is C19H17N3O4S. The van der Waals surface area contributed by atoms with Gasteiger partial charge in [0.2, 0.25) is 0 Å². The Morgan fingerprint density at radius 2 is 1.70 bits per heavy atom. The molecule has 138 valence electrons. The third-order valence-electron chi connectivity index (χ3n) is 3.45. The Balaban J connectivity index is 2.17. The number of esters is 1. The van der Waals surface area contributed by atoms with Crippen LogP contribution in [0.5, 0.6) is 0 Å². The summed E-state index contributed by atoms with van der Waals surface area (Å²) in [4.78, 5) is 36.8. The lowest BCUT2D eigenvalue weighted by Gasteiger charge is -2.14. The molecule has 0 bridgehead atoms. The Bertz CT molecular complexity index is 908. The third-order valence-corrected chi connectivity index (χ3v) is 4.60. The number of ether oxygens (including phenoxy) is 1. The molecule has 0 radical (unpaired) electrons. The van der Waals surface area contributed by atoms with Crippen LogP contribution in [0.25, 0.3) is 0 Å². The van der Waals surface area contributed by atoms with Crippen molar-refractivity contribution in [3.8, 4) is 6.07 Å². The zero-order valence-electron chi connectivity index (χ0n) is 14.7. The highest BCUT2D eigenvalue weighted by Gasteiger charge is 2.22. The van der Waals surface area contributed by atoms with Gasteiger partial charge in [0, 0.05) is 16.8 Å². The molecule has 0 spiro atoms. The number of hydrogen-bond acceptors (Lipinski definition) is 6. The van der Waals surface area contributed by atoms with Crippen molar-refractivity contribution >= 4 is 29.7 Å². The summed E-state index contributed by atoms with van der Waals surface area (Å²) >= 11 is 1.26. The van der Waals surface area contributed by atoms with Crippen molar-refractivity contribution in [2.24, 2.45) is 0 Å². The number of nitriles is 1. The van der Waals surface area contributed by atoms with Crippen LogP contribution in [0.4, 0.5) is 4.79 Å². The first kappa shape index (κ1) is 20.0. The maximum absolute atomic E-state index is 12.5. The highest BCUT2D eigenvalue weighted by molar-refractivity contribution is 7.99. The van der Waals surface area contributed by atoms with Crippen molar-refractivity contribution < 1.29 is 19.1 Å². The average Bonchev–Trinajstić information content (AvgIpc) is 2.68. The quantitative estimate of drug-likeness (QED) is 0.769. The number of benzene rings is 2. The first-order chi connectivity index (χ1) is 13.0. The van der Waals surface area contributed by atoms with E-state index < -0.39 is 24.0 Å². The van der Waals surface area contributed by atoms with Gasteiger partial charge in [-0.15, -0.1) is 0 Å². The number of urea groups is 1. The first-order valence-electron chi connectivity index (χ1n) is 7.95. The van der Waals surface area contributed by atoms with Crippen molar-refractivity contribution in [3.63, 3.8) is 0 Å². The number of nitrogens with one attached hydrogen (secondary N) is 2. The first-order valence-corrected chi connectivity index (χ1v) is 8.77. The second kappa shape index (κ2) is 9.40. The summed E-state index contributed by atoms with van der Waals surface area (Å²) in [6.45, 7) is 1.37. The van der Waals surface area contributed by atoms with Crippen LogP contribution in [0.2, 0.25) is 0 Å². The van der Waals surface area contributed by atoms with Gasteiger partial charge in [0.05, 0.1) is 11.1 Å². The van der Waals surface area contributed by atoms with Gasteiger partial charge in [-0.1, -0.05) is 36.0 Å². The van der Waals surface area contributed by atoms with Crippen molar-refractivity contribution in [1.82, 2.24) is 10.6 Å². The van der Waals surface area contributed by atoms with Gasteiger partial charge in [0.25, 0.3) is 5.91 Å². The van der Waals surface area contributed by atoms with Gasteiger partial charge < -0.3 is 10.1 Å². The molecule has 0 fully saturated rings. The van der Waals surface area contributed by atoms with Crippen molar-refractivity contribution in [2.45, 2.75) is 22.8 Å². The summed E-state index contributed by atoms with van der Waals surface area (Å²) < 4.78 is 5.17. The minimum Gasteiger partial charge on any atom is -0.449 e. The molecule has 2 aromatic carbocycles. The number of hydrogen-bond donors (Lipinski definition) is 2. The highest BCUT2D eigenvalue weighted by Crippen LogP contribution is 2.33. The zero-order chi connectivity index (χ0) is 19.8. The van der Waals surface area contributed by atoms with Crippen LogP contribution in [0.3, 0.4) is 0 Å². The summed E-state index contributed by atoms with van der Waals surface area (Å²) in [6, 6.07) is 15.2. The molecule has 0 saturated heterocycles.